The summed E-state index contributed by atoms with van der Waals surface area (Å²) in [5, 5.41) is 27.5. The van der Waals surface area contributed by atoms with Crippen LogP contribution in [0.4, 0.5) is 5.69 Å². The largest absolute Gasteiger partial charge is 0.390 e. The Hall–Kier alpha value is -1.47. The zero-order valence-electron chi connectivity index (χ0n) is 11.7. The molecule has 1 aromatic heterocycles. The molecular weight excluding hydrogens is 248 g/mol. The Kier molecular flexibility index (Phi) is 5.44. The molecule has 1 atom stereocenters. The van der Waals surface area contributed by atoms with Gasteiger partial charge in [0.1, 0.15) is 12.4 Å². The van der Waals surface area contributed by atoms with Crippen molar-refractivity contribution in [2.45, 2.75) is 51.8 Å². The molecule has 1 rings (SSSR count). The number of rotatable bonds is 8. The molecule has 0 aliphatic carbocycles. The average molecular weight is 270 g/mol. The molecule has 108 valence electrons. The van der Waals surface area contributed by atoms with Gasteiger partial charge in [-0.25, -0.2) is 0 Å². The van der Waals surface area contributed by atoms with Gasteiger partial charge in [-0.2, -0.15) is 5.10 Å². The van der Waals surface area contributed by atoms with Crippen molar-refractivity contribution in [3.8, 4) is 0 Å². The van der Waals surface area contributed by atoms with Gasteiger partial charge in [-0.1, -0.05) is 13.3 Å². The van der Waals surface area contributed by atoms with E-state index in [2.05, 4.69) is 31.2 Å². The number of nitro groups is 1. The van der Waals surface area contributed by atoms with E-state index in [4.69, 9.17) is 0 Å². The summed E-state index contributed by atoms with van der Waals surface area (Å²) in [7, 11) is 0. The van der Waals surface area contributed by atoms with Crippen LogP contribution in [0.15, 0.2) is 12.4 Å². The van der Waals surface area contributed by atoms with Crippen molar-refractivity contribution < 1.29 is 10.0 Å². The molecule has 7 heteroatoms. The molecule has 0 spiro atoms. The second kappa shape index (κ2) is 6.63. The van der Waals surface area contributed by atoms with Gasteiger partial charge in [0.25, 0.3) is 0 Å². The summed E-state index contributed by atoms with van der Waals surface area (Å²) in [6.45, 7) is 6.95. The van der Waals surface area contributed by atoms with E-state index in [1.807, 2.05) is 0 Å². The van der Waals surface area contributed by atoms with E-state index in [-0.39, 0.29) is 17.8 Å². The summed E-state index contributed by atoms with van der Waals surface area (Å²) >= 11 is 0. The minimum atomic E-state index is -0.629. The van der Waals surface area contributed by atoms with Crippen LogP contribution in [0.2, 0.25) is 0 Å². The Bertz CT molecular complexity index is 417. The summed E-state index contributed by atoms with van der Waals surface area (Å²) in [4.78, 5) is 10.0. The fourth-order valence-corrected chi connectivity index (χ4v) is 1.93. The second-order valence-corrected chi connectivity index (χ2v) is 5.35. The lowest BCUT2D eigenvalue weighted by Gasteiger charge is -2.27. The number of aromatic nitrogens is 2. The molecule has 0 saturated heterocycles. The molecule has 0 radical (unpaired) electrons. The van der Waals surface area contributed by atoms with E-state index in [0.29, 0.717) is 6.54 Å². The predicted molar refractivity (Wildman–Crippen MR) is 71.9 cm³/mol. The van der Waals surface area contributed by atoms with Gasteiger partial charge < -0.3 is 10.4 Å². The first-order chi connectivity index (χ1) is 8.84. The number of nitrogens with zero attached hydrogens (tertiary/aromatic N) is 3. The maximum absolute atomic E-state index is 10.5. The van der Waals surface area contributed by atoms with Crippen LogP contribution in [0, 0.1) is 10.1 Å². The first-order valence-corrected chi connectivity index (χ1v) is 6.44. The minimum Gasteiger partial charge on any atom is -0.390 e. The van der Waals surface area contributed by atoms with Crippen LogP contribution in [0.25, 0.3) is 0 Å². The quantitative estimate of drug-likeness (QED) is 0.549. The number of nitrogens with one attached hydrogen (secondary N) is 1. The van der Waals surface area contributed by atoms with E-state index in [9.17, 15) is 15.2 Å². The van der Waals surface area contributed by atoms with Crippen molar-refractivity contribution >= 4 is 5.69 Å². The van der Waals surface area contributed by atoms with E-state index in [0.717, 1.165) is 12.8 Å². The molecule has 0 amide bonds. The first kappa shape index (κ1) is 15.6. The smallest absolute Gasteiger partial charge is 0.306 e. The van der Waals surface area contributed by atoms with Crippen molar-refractivity contribution in [2.75, 3.05) is 6.54 Å². The van der Waals surface area contributed by atoms with Crippen molar-refractivity contribution in [3.05, 3.63) is 22.5 Å². The summed E-state index contributed by atoms with van der Waals surface area (Å²) in [5.41, 5.74) is -0.0854. The zero-order chi connectivity index (χ0) is 14.5. The van der Waals surface area contributed by atoms with E-state index in [1.165, 1.54) is 17.1 Å². The van der Waals surface area contributed by atoms with Gasteiger partial charge >= 0.3 is 5.69 Å². The lowest BCUT2D eigenvalue weighted by Crippen LogP contribution is -2.44. The molecular formula is C12H22N4O3. The van der Waals surface area contributed by atoms with Crippen LogP contribution in [0.5, 0.6) is 0 Å². The Balaban J connectivity index is 2.42. The standard InChI is InChI=1S/C12H22N4O3/c1-4-5-12(2,3)13-7-11(17)9-15-8-10(6-14-15)16(18)19/h6,8,11,13,17H,4-5,7,9H2,1-3H3. The number of hydrogen-bond donors (Lipinski definition) is 2. The average Bonchev–Trinajstić information content (AvgIpc) is 2.75. The van der Waals surface area contributed by atoms with Crippen LogP contribution in [-0.2, 0) is 6.54 Å². The van der Waals surface area contributed by atoms with Gasteiger partial charge in [0, 0.05) is 12.1 Å². The van der Waals surface area contributed by atoms with E-state index >= 15 is 0 Å². The normalized spacial score (nSPS) is 13.5. The van der Waals surface area contributed by atoms with Crippen molar-refractivity contribution in [1.29, 1.82) is 0 Å². The molecule has 0 aromatic carbocycles. The highest BCUT2D eigenvalue weighted by molar-refractivity contribution is 5.20. The van der Waals surface area contributed by atoms with Gasteiger partial charge in [-0.05, 0) is 20.3 Å². The molecule has 0 fully saturated rings. The van der Waals surface area contributed by atoms with Crippen molar-refractivity contribution in [2.24, 2.45) is 0 Å². The fraction of sp³-hybridized carbons (Fsp3) is 0.750. The Labute approximate surface area is 112 Å². The Morgan fingerprint density at radius 1 is 1.63 bits per heavy atom. The SMILES string of the molecule is CCCC(C)(C)NCC(O)Cn1cc([N+](=O)[O-])cn1. The number of aliphatic hydroxyl groups is 1. The van der Waals surface area contributed by atoms with Gasteiger partial charge in [-0.3, -0.25) is 14.8 Å². The highest BCUT2D eigenvalue weighted by Gasteiger charge is 2.18. The van der Waals surface area contributed by atoms with Crippen LogP contribution in [0.3, 0.4) is 0 Å². The second-order valence-electron chi connectivity index (χ2n) is 5.35. The first-order valence-electron chi connectivity index (χ1n) is 6.44. The third kappa shape index (κ3) is 5.35. The third-order valence-electron chi connectivity index (χ3n) is 2.92. The molecule has 0 aliphatic rings. The summed E-state index contributed by atoms with van der Waals surface area (Å²) < 4.78 is 1.39. The van der Waals surface area contributed by atoms with Crippen molar-refractivity contribution in [1.82, 2.24) is 15.1 Å². The molecule has 1 heterocycles. The molecule has 7 nitrogen and oxygen atoms in total. The zero-order valence-corrected chi connectivity index (χ0v) is 11.7. The number of aliphatic hydroxyl groups excluding tert-OH is 1. The van der Waals surface area contributed by atoms with Crippen molar-refractivity contribution in [3.63, 3.8) is 0 Å². The van der Waals surface area contributed by atoms with E-state index < -0.39 is 11.0 Å². The molecule has 0 saturated carbocycles. The molecule has 1 aromatic rings. The van der Waals surface area contributed by atoms with Crippen LogP contribution in [0.1, 0.15) is 33.6 Å². The van der Waals surface area contributed by atoms with Crippen LogP contribution >= 0.6 is 0 Å². The highest BCUT2D eigenvalue weighted by Crippen LogP contribution is 2.11. The summed E-state index contributed by atoms with van der Waals surface area (Å²) in [6, 6.07) is 0. The topological polar surface area (TPSA) is 93.2 Å². The monoisotopic (exact) mass is 270 g/mol. The molecule has 0 bridgehead atoms. The molecule has 1 unspecified atom stereocenters. The van der Waals surface area contributed by atoms with E-state index in [1.54, 1.807) is 0 Å². The summed E-state index contributed by atoms with van der Waals surface area (Å²) in [5.74, 6) is 0. The van der Waals surface area contributed by atoms with Crippen LogP contribution in [-0.4, -0.2) is 38.0 Å². The van der Waals surface area contributed by atoms with Crippen LogP contribution < -0.4 is 5.32 Å². The third-order valence-corrected chi connectivity index (χ3v) is 2.92. The maximum atomic E-state index is 10.5. The minimum absolute atomic E-state index is 0.0220. The number of hydrogen-bond acceptors (Lipinski definition) is 5. The lowest BCUT2D eigenvalue weighted by molar-refractivity contribution is -0.385. The Morgan fingerprint density at radius 2 is 2.32 bits per heavy atom. The van der Waals surface area contributed by atoms with Gasteiger partial charge in [0.15, 0.2) is 0 Å². The Morgan fingerprint density at radius 3 is 2.84 bits per heavy atom. The lowest BCUT2D eigenvalue weighted by atomic mass is 9.99. The van der Waals surface area contributed by atoms with Gasteiger partial charge in [-0.15, -0.1) is 0 Å². The molecule has 19 heavy (non-hydrogen) atoms. The van der Waals surface area contributed by atoms with Gasteiger partial charge in [0.2, 0.25) is 0 Å². The van der Waals surface area contributed by atoms with Gasteiger partial charge in [0.05, 0.1) is 17.6 Å². The molecule has 0 aliphatic heterocycles. The fourth-order valence-electron chi connectivity index (χ4n) is 1.93. The maximum Gasteiger partial charge on any atom is 0.306 e. The highest BCUT2D eigenvalue weighted by atomic mass is 16.6. The number of β-amino-alcohol motifs (C(OH)–C–C–N with tert-alkyl or cyclic N) is 1. The predicted octanol–water partition coefficient (Wildman–Crippen LogP) is 1.32. The summed E-state index contributed by atoms with van der Waals surface area (Å²) in [6.07, 6.45) is 3.96. The molecule has 2 N–H and O–H groups in total.